The highest BCUT2D eigenvalue weighted by Crippen LogP contribution is 2.30. The number of fused-ring (bicyclic) bond motifs is 3. The van der Waals surface area contributed by atoms with Crippen molar-refractivity contribution in [2.24, 2.45) is 0 Å². The molecule has 5 rings (SSSR count). The van der Waals surface area contributed by atoms with Crippen molar-refractivity contribution in [3.63, 3.8) is 0 Å². The van der Waals surface area contributed by atoms with E-state index in [1.54, 1.807) is 27.6 Å². The van der Waals surface area contributed by atoms with Gasteiger partial charge in [-0.2, -0.15) is 0 Å². The normalized spacial score (nSPS) is 13.5. The van der Waals surface area contributed by atoms with Crippen LogP contribution in [-0.2, 0) is 13.1 Å². The first-order chi connectivity index (χ1) is 15.1. The van der Waals surface area contributed by atoms with E-state index in [0.29, 0.717) is 53.9 Å². The van der Waals surface area contributed by atoms with E-state index in [9.17, 15) is 9.59 Å². The quantitative estimate of drug-likeness (QED) is 0.476. The Hall–Kier alpha value is -3.61. The fraction of sp³-hybridized carbons (Fsp3) is 0.292. The molecule has 1 aromatic carbocycles. The second-order valence-electron chi connectivity index (χ2n) is 7.75. The number of pyridine rings is 3. The smallest absolute Gasteiger partial charge is 0.260 e. The molecule has 0 N–H and O–H groups in total. The summed E-state index contributed by atoms with van der Waals surface area (Å²) in [4.78, 5) is 30.6. The number of aromatic nitrogens is 3. The first-order valence-electron chi connectivity index (χ1n) is 10.6. The van der Waals surface area contributed by atoms with Crippen molar-refractivity contribution in [2.75, 3.05) is 13.2 Å². The number of nitrogens with zero attached hydrogens (tertiary/aromatic N) is 3. The molecule has 158 valence electrons. The van der Waals surface area contributed by atoms with Crippen LogP contribution >= 0.6 is 0 Å². The van der Waals surface area contributed by atoms with Crippen LogP contribution in [0.15, 0.2) is 58.4 Å². The SMILES string of the molecule is CCCn1ccc2nc3ccn(Cc4ccc5c(c4)OCCCO5)c(=O)c3cc2c1=O. The summed E-state index contributed by atoms with van der Waals surface area (Å²) in [5.41, 5.74) is 1.82. The van der Waals surface area contributed by atoms with E-state index >= 15 is 0 Å². The van der Waals surface area contributed by atoms with Crippen molar-refractivity contribution in [1.29, 1.82) is 0 Å². The summed E-state index contributed by atoms with van der Waals surface area (Å²) in [7, 11) is 0. The van der Waals surface area contributed by atoms with Gasteiger partial charge in [-0.05, 0) is 42.3 Å². The Labute approximate surface area is 178 Å². The second kappa shape index (κ2) is 7.91. The molecule has 1 aliphatic heterocycles. The Morgan fingerprint density at radius 2 is 1.55 bits per heavy atom. The fourth-order valence-corrected chi connectivity index (χ4v) is 3.95. The highest BCUT2D eigenvalue weighted by Gasteiger charge is 2.13. The Morgan fingerprint density at radius 1 is 0.871 bits per heavy atom. The predicted molar refractivity (Wildman–Crippen MR) is 119 cm³/mol. The van der Waals surface area contributed by atoms with Crippen molar-refractivity contribution in [2.45, 2.75) is 32.9 Å². The molecule has 0 bridgehead atoms. The Bertz CT molecular complexity index is 1400. The zero-order chi connectivity index (χ0) is 21.4. The van der Waals surface area contributed by atoms with E-state index in [0.717, 1.165) is 24.2 Å². The van der Waals surface area contributed by atoms with Crippen LogP contribution in [0.25, 0.3) is 21.8 Å². The van der Waals surface area contributed by atoms with Gasteiger partial charge in [-0.15, -0.1) is 0 Å². The van der Waals surface area contributed by atoms with Gasteiger partial charge in [0.15, 0.2) is 11.5 Å². The van der Waals surface area contributed by atoms with Crippen LogP contribution in [-0.4, -0.2) is 27.3 Å². The molecule has 0 atom stereocenters. The maximum absolute atomic E-state index is 13.2. The first kappa shape index (κ1) is 19.4. The zero-order valence-corrected chi connectivity index (χ0v) is 17.3. The number of rotatable bonds is 4. The van der Waals surface area contributed by atoms with Crippen molar-refractivity contribution < 1.29 is 9.47 Å². The summed E-state index contributed by atoms with van der Waals surface area (Å²) in [6.07, 6.45) is 5.20. The molecule has 0 radical (unpaired) electrons. The van der Waals surface area contributed by atoms with Gasteiger partial charge in [0.1, 0.15) is 0 Å². The average Bonchev–Trinajstić information content (AvgIpc) is 3.02. The van der Waals surface area contributed by atoms with Crippen LogP contribution < -0.4 is 20.6 Å². The Kier molecular flexibility index (Phi) is 4.94. The molecule has 1 aliphatic rings. The molecule has 31 heavy (non-hydrogen) atoms. The molecule has 7 nitrogen and oxygen atoms in total. The largest absolute Gasteiger partial charge is 0.490 e. The highest BCUT2D eigenvalue weighted by molar-refractivity contribution is 5.91. The van der Waals surface area contributed by atoms with Gasteiger partial charge in [0.25, 0.3) is 11.1 Å². The van der Waals surface area contributed by atoms with Gasteiger partial charge in [0, 0.05) is 25.4 Å². The third-order valence-corrected chi connectivity index (χ3v) is 5.52. The third-order valence-electron chi connectivity index (χ3n) is 5.52. The maximum Gasteiger partial charge on any atom is 0.260 e. The minimum Gasteiger partial charge on any atom is -0.490 e. The molecule has 0 saturated carbocycles. The monoisotopic (exact) mass is 417 g/mol. The van der Waals surface area contributed by atoms with Crippen molar-refractivity contribution in [3.8, 4) is 11.5 Å². The van der Waals surface area contributed by atoms with E-state index in [2.05, 4.69) is 4.98 Å². The third kappa shape index (κ3) is 3.56. The Balaban J connectivity index is 1.57. The van der Waals surface area contributed by atoms with Gasteiger partial charge in [0.2, 0.25) is 0 Å². The number of aryl methyl sites for hydroxylation is 1. The Morgan fingerprint density at radius 3 is 2.29 bits per heavy atom. The van der Waals surface area contributed by atoms with Crippen molar-refractivity contribution in [1.82, 2.24) is 14.1 Å². The predicted octanol–water partition coefficient (Wildman–Crippen LogP) is 3.33. The van der Waals surface area contributed by atoms with Crippen LogP contribution in [0.2, 0.25) is 0 Å². The van der Waals surface area contributed by atoms with Gasteiger partial charge in [-0.1, -0.05) is 13.0 Å². The molecule has 0 unspecified atom stereocenters. The minimum atomic E-state index is -0.177. The lowest BCUT2D eigenvalue weighted by molar-refractivity contribution is 0.297. The van der Waals surface area contributed by atoms with Gasteiger partial charge in [-0.3, -0.25) is 9.59 Å². The van der Waals surface area contributed by atoms with Gasteiger partial charge in [0.05, 0.1) is 41.6 Å². The van der Waals surface area contributed by atoms with E-state index in [1.165, 1.54) is 0 Å². The van der Waals surface area contributed by atoms with Gasteiger partial charge in [-0.25, -0.2) is 4.98 Å². The molecule has 0 spiro atoms. The number of ether oxygens (including phenoxy) is 2. The lowest BCUT2D eigenvalue weighted by Gasteiger charge is -2.11. The van der Waals surface area contributed by atoms with Crippen molar-refractivity contribution in [3.05, 3.63) is 75.1 Å². The molecule has 4 aromatic rings. The molecule has 0 fully saturated rings. The molecule has 4 heterocycles. The first-order valence-corrected chi connectivity index (χ1v) is 10.6. The zero-order valence-electron chi connectivity index (χ0n) is 17.3. The highest BCUT2D eigenvalue weighted by atomic mass is 16.5. The minimum absolute atomic E-state index is 0.119. The van der Waals surface area contributed by atoms with Crippen LogP contribution in [0.4, 0.5) is 0 Å². The molecule has 0 aliphatic carbocycles. The standard InChI is InChI=1S/C24H23N3O4/c1-2-8-26-9-6-19-17(23(26)28)14-18-20(25-19)7-10-27(24(18)29)15-16-4-5-21-22(13-16)31-12-3-11-30-21/h4-7,9-10,13-14H,2-3,8,11-12,15H2,1H3. The van der Waals surface area contributed by atoms with E-state index in [4.69, 9.17) is 9.47 Å². The lowest BCUT2D eigenvalue weighted by atomic mass is 10.1. The summed E-state index contributed by atoms with van der Waals surface area (Å²) in [5, 5.41) is 0.907. The van der Waals surface area contributed by atoms with Gasteiger partial charge >= 0.3 is 0 Å². The summed E-state index contributed by atoms with van der Waals surface area (Å²) >= 11 is 0. The molecular weight excluding hydrogens is 394 g/mol. The average molecular weight is 417 g/mol. The number of benzene rings is 1. The molecule has 7 heteroatoms. The van der Waals surface area contributed by atoms with Gasteiger partial charge < -0.3 is 18.6 Å². The lowest BCUT2D eigenvalue weighted by Crippen LogP contribution is -2.22. The topological polar surface area (TPSA) is 75.3 Å². The van der Waals surface area contributed by atoms with E-state index < -0.39 is 0 Å². The molecule has 0 amide bonds. The molecule has 0 saturated heterocycles. The van der Waals surface area contributed by atoms with E-state index in [-0.39, 0.29) is 11.1 Å². The van der Waals surface area contributed by atoms with Crippen LogP contribution in [0, 0.1) is 0 Å². The molecular formula is C24H23N3O4. The number of hydrogen-bond acceptors (Lipinski definition) is 5. The summed E-state index contributed by atoms with van der Waals surface area (Å²) in [6, 6.07) is 11.1. The van der Waals surface area contributed by atoms with Crippen LogP contribution in [0.3, 0.4) is 0 Å². The van der Waals surface area contributed by atoms with Crippen molar-refractivity contribution >= 4 is 21.8 Å². The maximum atomic E-state index is 13.2. The van der Waals surface area contributed by atoms with Crippen LogP contribution in [0.5, 0.6) is 11.5 Å². The van der Waals surface area contributed by atoms with E-state index in [1.807, 2.05) is 37.3 Å². The fourth-order valence-electron chi connectivity index (χ4n) is 3.95. The summed E-state index contributed by atoms with van der Waals surface area (Å²) in [5.74, 6) is 1.43. The van der Waals surface area contributed by atoms with Crippen LogP contribution in [0.1, 0.15) is 25.3 Å². The summed E-state index contributed by atoms with van der Waals surface area (Å²) in [6.45, 7) is 4.29. The summed E-state index contributed by atoms with van der Waals surface area (Å²) < 4.78 is 14.7. The second-order valence-corrected chi connectivity index (χ2v) is 7.75. The molecule has 3 aromatic heterocycles. The number of hydrogen-bond donors (Lipinski definition) is 0.